The fourth-order valence-electron chi connectivity index (χ4n) is 3.24. The summed E-state index contributed by atoms with van der Waals surface area (Å²) in [5.74, 6) is -0.477. The van der Waals surface area contributed by atoms with Crippen molar-refractivity contribution >= 4 is 17.6 Å². The van der Waals surface area contributed by atoms with Gasteiger partial charge in [0.15, 0.2) is 0 Å². The summed E-state index contributed by atoms with van der Waals surface area (Å²) in [4.78, 5) is 27.4. The molecule has 10 nitrogen and oxygen atoms in total. The Balaban J connectivity index is 2.20. The fraction of sp³-hybridized carbons (Fsp3) is 0.652. The molecule has 0 aliphatic carbocycles. The largest absolute Gasteiger partial charge is 0.481 e. The van der Waals surface area contributed by atoms with Crippen LogP contribution in [0.25, 0.3) is 0 Å². The van der Waals surface area contributed by atoms with Crippen LogP contribution in [0.3, 0.4) is 0 Å². The van der Waals surface area contributed by atoms with Gasteiger partial charge in [0.1, 0.15) is 12.0 Å². The van der Waals surface area contributed by atoms with Gasteiger partial charge in [-0.05, 0) is 84.2 Å². The Bertz CT molecular complexity index is 703. The lowest BCUT2D eigenvalue weighted by Crippen LogP contribution is -2.38. The highest BCUT2D eigenvalue weighted by atomic mass is 16.6. The standard InChI is InChI=1S/C23H40N4O6/c1-18(28)24-19-10-12-20(13-11-19)33-23(32)27(4)17-7-15-25(2)14-6-16-26(3)21(29)8-5-9-22(30)31/h10-13,21,23,29,32H,5-9,14-17H2,1-4H3,(H,24,28)(H,30,31). The molecule has 1 rings (SSSR count). The van der Waals surface area contributed by atoms with E-state index in [-0.39, 0.29) is 12.3 Å². The van der Waals surface area contributed by atoms with Gasteiger partial charge in [0, 0.05) is 32.1 Å². The second kappa shape index (κ2) is 15.6. The third kappa shape index (κ3) is 13.2. The predicted molar refractivity (Wildman–Crippen MR) is 127 cm³/mol. The Morgan fingerprint density at radius 1 is 0.939 bits per heavy atom. The summed E-state index contributed by atoms with van der Waals surface area (Å²) in [6.07, 6.45) is 1.04. The van der Waals surface area contributed by atoms with Crippen LogP contribution in [0.2, 0.25) is 0 Å². The monoisotopic (exact) mass is 468 g/mol. The summed E-state index contributed by atoms with van der Waals surface area (Å²) < 4.78 is 5.54. The van der Waals surface area contributed by atoms with Crippen molar-refractivity contribution < 1.29 is 29.6 Å². The lowest BCUT2D eigenvalue weighted by molar-refractivity contribution is -0.137. The summed E-state index contributed by atoms with van der Waals surface area (Å²) in [6.45, 7) is 4.54. The van der Waals surface area contributed by atoms with Gasteiger partial charge in [-0.2, -0.15) is 0 Å². The smallest absolute Gasteiger partial charge is 0.303 e. The van der Waals surface area contributed by atoms with E-state index in [1.807, 2.05) is 19.0 Å². The maximum absolute atomic E-state index is 11.1. The molecule has 0 heterocycles. The molecule has 0 saturated carbocycles. The molecule has 0 aliphatic rings. The number of amides is 1. The number of benzene rings is 1. The molecule has 4 N–H and O–H groups in total. The number of ether oxygens (including phenoxy) is 1. The molecule has 0 spiro atoms. The maximum Gasteiger partial charge on any atom is 0.303 e. The number of nitrogens with zero attached hydrogens (tertiary/aromatic N) is 3. The van der Waals surface area contributed by atoms with E-state index >= 15 is 0 Å². The lowest BCUT2D eigenvalue weighted by Gasteiger charge is -2.26. The van der Waals surface area contributed by atoms with Crippen molar-refractivity contribution in [3.8, 4) is 5.75 Å². The SMILES string of the molecule is CC(=O)Nc1ccc(OC(O)N(C)CCCN(C)CCCN(C)C(O)CCCC(=O)O)cc1. The average Bonchev–Trinajstić information content (AvgIpc) is 2.74. The number of nitrogens with one attached hydrogen (secondary N) is 1. The van der Waals surface area contributed by atoms with Gasteiger partial charge < -0.3 is 30.3 Å². The van der Waals surface area contributed by atoms with Crippen LogP contribution in [-0.2, 0) is 9.59 Å². The van der Waals surface area contributed by atoms with Gasteiger partial charge in [-0.15, -0.1) is 0 Å². The molecule has 188 valence electrons. The van der Waals surface area contributed by atoms with Crippen molar-refractivity contribution in [2.24, 2.45) is 0 Å². The van der Waals surface area contributed by atoms with Crippen molar-refractivity contribution in [1.82, 2.24) is 14.7 Å². The first kappa shape index (κ1) is 28.8. The molecule has 0 aliphatic heterocycles. The molecule has 1 aromatic rings. The van der Waals surface area contributed by atoms with E-state index in [0.717, 1.165) is 32.5 Å². The lowest BCUT2D eigenvalue weighted by atomic mass is 10.2. The highest BCUT2D eigenvalue weighted by Crippen LogP contribution is 2.17. The first-order valence-electron chi connectivity index (χ1n) is 11.3. The van der Waals surface area contributed by atoms with Crippen LogP contribution in [0, 0.1) is 0 Å². The second-order valence-electron chi connectivity index (χ2n) is 8.39. The molecular formula is C23H40N4O6. The second-order valence-corrected chi connectivity index (χ2v) is 8.39. The van der Waals surface area contributed by atoms with Crippen LogP contribution in [0.4, 0.5) is 5.69 Å². The van der Waals surface area contributed by atoms with E-state index in [1.165, 1.54) is 6.92 Å². The van der Waals surface area contributed by atoms with E-state index < -0.39 is 18.6 Å². The Morgan fingerprint density at radius 3 is 2.06 bits per heavy atom. The van der Waals surface area contributed by atoms with Crippen LogP contribution in [-0.4, -0.2) is 102 Å². The average molecular weight is 469 g/mol. The number of aliphatic carboxylic acids is 1. The maximum atomic E-state index is 11.1. The zero-order valence-electron chi connectivity index (χ0n) is 20.2. The molecule has 2 unspecified atom stereocenters. The Labute approximate surface area is 196 Å². The molecule has 0 fully saturated rings. The van der Waals surface area contributed by atoms with E-state index in [1.54, 1.807) is 36.2 Å². The van der Waals surface area contributed by atoms with E-state index in [4.69, 9.17) is 9.84 Å². The molecule has 0 aromatic heterocycles. The third-order valence-electron chi connectivity index (χ3n) is 5.26. The van der Waals surface area contributed by atoms with Crippen molar-refractivity contribution in [3.63, 3.8) is 0 Å². The number of carbonyl (C=O) groups is 2. The third-order valence-corrected chi connectivity index (χ3v) is 5.26. The van der Waals surface area contributed by atoms with Crippen LogP contribution in [0.1, 0.15) is 39.0 Å². The molecule has 0 bridgehead atoms. The Morgan fingerprint density at radius 2 is 1.52 bits per heavy atom. The first-order chi connectivity index (χ1) is 15.6. The number of hydrogen-bond acceptors (Lipinski definition) is 8. The van der Waals surface area contributed by atoms with Gasteiger partial charge in [-0.25, -0.2) is 4.90 Å². The van der Waals surface area contributed by atoms with E-state index in [0.29, 0.717) is 30.8 Å². The van der Waals surface area contributed by atoms with Gasteiger partial charge >= 0.3 is 5.97 Å². The summed E-state index contributed by atoms with van der Waals surface area (Å²) in [6, 6.07) is 6.81. The van der Waals surface area contributed by atoms with Crippen molar-refractivity contribution in [2.75, 3.05) is 52.6 Å². The number of rotatable bonds is 17. The van der Waals surface area contributed by atoms with Crippen molar-refractivity contribution in [3.05, 3.63) is 24.3 Å². The van der Waals surface area contributed by atoms with Crippen LogP contribution < -0.4 is 10.1 Å². The minimum absolute atomic E-state index is 0.0761. The predicted octanol–water partition coefficient (Wildman–Crippen LogP) is 1.45. The molecule has 0 saturated heterocycles. The number of aliphatic hydroxyl groups is 2. The zero-order chi connectivity index (χ0) is 24.8. The number of carboxylic acids is 1. The molecule has 1 aromatic carbocycles. The van der Waals surface area contributed by atoms with Crippen LogP contribution in [0.15, 0.2) is 24.3 Å². The quantitative estimate of drug-likeness (QED) is 0.251. The fourth-order valence-corrected chi connectivity index (χ4v) is 3.24. The van der Waals surface area contributed by atoms with Crippen molar-refractivity contribution in [1.29, 1.82) is 0 Å². The summed E-state index contributed by atoms with van der Waals surface area (Å²) in [7, 11) is 5.67. The highest BCUT2D eigenvalue weighted by Gasteiger charge is 2.14. The number of carbonyl (C=O) groups excluding carboxylic acids is 1. The molecule has 0 radical (unpaired) electrons. The summed E-state index contributed by atoms with van der Waals surface area (Å²) in [5, 5.41) is 31.7. The van der Waals surface area contributed by atoms with E-state index in [2.05, 4.69) is 10.2 Å². The minimum Gasteiger partial charge on any atom is -0.481 e. The minimum atomic E-state index is -1.07. The molecule has 2 atom stereocenters. The van der Waals surface area contributed by atoms with Crippen LogP contribution >= 0.6 is 0 Å². The number of carboxylic acid groups (broad SMARTS) is 1. The molecule has 1 amide bonds. The van der Waals surface area contributed by atoms with Crippen LogP contribution in [0.5, 0.6) is 5.75 Å². The van der Waals surface area contributed by atoms with Gasteiger partial charge in [-0.1, -0.05) is 0 Å². The highest BCUT2D eigenvalue weighted by molar-refractivity contribution is 5.88. The zero-order valence-corrected chi connectivity index (χ0v) is 20.2. The topological polar surface area (TPSA) is 126 Å². The number of hydrogen-bond donors (Lipinski definition) is 4. The van der Waals surface area contributed by atoms with Gasteiger partial charge in [-0.3, -0.25) is 14.5 Å². The Hall–Kier alpha value is -2.24. The molecule has 33 heavy (non-hydrogen) atoms. The number of aliphatic hydroxyl groups excluding tert-OH is 2. The van der Waals surface area contributed by atoms with Crippen molar-refractivity contribution in [2.45, 2.75) is 51.7 Å². The summed E-state index contributed by atoms with van der Waals surface area (Å²) >= 11 is 0. The number of anilines is 1. The molecule has 10 heteroatoms. The normalized spacial score (nSPS) is 13.4. The summed E-state index contributed by atoms with van der Waals surface area (Å²) in [5.41, 5.74) is 0.666. The van der Waals surface area contributed by atoms with Gasteiger partial charge in [0.25, 0.3) is 6.41 Å². The van der Waals surface area contributed by atoms with Gasteiger partial charge in [0.05, 0.1) is 0 Å². The van der Waals surface area contributed by atoms with E-state index in [9.17, 15) is 19.8 Å². The van der Waals surface area contributed by atoms with Gasteiger partial charge in [0.2, 0.25) is 5.91 Å². The Kier molecular flexibility index (Phi) is 13.6. The first-order valence-corrected chi connectivity index (χ1v) is 11.3. The molecular weight excluding hydrogens is 428 g/mol.